The lowest BCUT2D eigenvalue weighted by molar-refractivity contribution is -0.139. The summed E-state index contributed by atoms with van der Waals surface area (Å²) in [6.45, 7) is 2.23. The lowest BCUT2D eigenvalue weighted by atomic mass is 10.1. The van der Waals surface area contributed by atoms with E-state index in [1.165, 1.54) is 0 Å². The molecule has 6 nitrogen and oxygen atoms in total. The molecular weight excluding hydrogens is 388 g/mol. The van der Waals surface area contributed by atoms with E-state index in [1.54, 1.807) is 30.9 Å². The molecule has 0 saturated carbocycles. The molecule has 2 atom stereocenters. The number of nitrogens with zero attached hydrogens (tertiary/aromatic N) is 1. The number of ether oxygens (including phenoxy) is 2. The number of hydrogen-bond acceptors (Lipinski definition) is 5. The zero-order chi connectivity index (χ0) is 20.8. The van der Waals surface area contributed by atoms with Gasteiger partial charge in [-0.2, -0.15) is 0 Å². The predicted octanol–water partition coefficient (Wildman–Crippen LogP) is 3.37. The molecule has 0 aliphatic carbocycles. The molecule has 1 saturated heterocycles. The van der Waals surface area contributed by atoms with E-state index in [-0.39, 0.29) is 17.2 Å². The second-order valence-corrected chi connectivity index (χ2v) is 7.81. The van der Waals surface area contributed by atoms with Crippen LogP contribution >= 0.6 is 11.8 Å². The molecule has 0 unspecified atom stereocenters. The molecule has 1 heterocycles. The van der Waals surface area contributed by atoms with Crippen molar-refractivity contribution in [2.24, 2.45) is 0 Å². The Balaban J connectivity index is 1.71. The second-order valence-electron chi connectivity index (χ2n) is 6.70. The minimum Gasteiger partial charge on any atom is -0.497 e. The van der Waals surface area contributed by atoms with Crippen molar-refractivity contribution in [2.45, 2.75) is 31.3 Å². The van der Waals surface area contributed by atoms with Crippen LogP contribution in [0, 0.1) is 0 Å². The van der Waals surface area contributed by atoms with Crippen molar-refractivity contribution in [3.05, 3.63) is 59.7 Å². The summed E-state index contributed by atoms with van der Waals surface area (Å²) in [5, 5.41) is 2.79. The van der Waals surface area contributed by atoms with Crippen LogP contribution in [0.4, 0.5) is 0 Å². The van der Waals surface area contributed by atoms with Gasteiger partial charge < -0.3 is 19.7 Å². The van der Waals surface area contributed by atoms with Crippen molar-refractivity contribution in [3.63, 3.8) is 0 Å². The molecule has 154 valence electrons. The third kappa shape index (κ3) is 4.85. The van der Waals surface area contributed by atoms with Gasteiger partial charge in [0.05, 0.1) is 14.2 Å². The van der Waals surface area contributed by atoms with E-state index in [0.29, 0.717) is 18.7 Å². The molecule has 29 heavy (non-hydrogen) atoms. The standard InChI is InChI=1S/C22H26N2O4S/c1-4-20(25)24-19(14-29-22(24)16-7-11-18(28-3)12-8-16)21(26)23-13-15-5-9-17(27-2)10-6-15/h5-12,19,22H,4,13-14H2,1-3H3,(H,23,26)/t19-,22-/m0/s1. The van der Waals surface area contributed by atoms with E-state index in [0.717, 1.165) is 22.6 Å². The lowest BCUT2D eigenvalue weighted by Crippen LogP contribution is -2.47. The van der Waals surface area contributed by atoms with E-state index in [1.807, 2.05) is 55.5 Å². The number of methoxy groups -OCH3 is 2. The SMILES string of the molecule is CCC(=O)N1[C@H](C(=O)NCc2ccc(OC)cc2)CS[C@H]1c1ccc(OC)cc1. The number of carbonyl (C=O) groups excluding carboxylic acids is 2. The maximum Gasteiger partial charge on any atom is 0.243 e. The van der Waals surface area contributed by atoms with Crippen LogP contribution in [0.3, 0.4) is 0 Å². The molecule has 0 aromatic heterocycles. The minimum absolute atomic E-state index is 0.0274. The maximum absolute atomic E-state index is 12.9. The van der Waals surface area contributed by atoms with E-state index in [4.69, 9.17) is 9.47 Å². The minimum atomic E-state index is -0.488. The highest BCUT2D eigenvalue weighted by Crippen LogP contribution is 2.42. The Bertz CT molecular complexity index is 839. The number of carbonyl (C=O) groups is 2. The maximum atomic E-state index is 12.9. The van der Waals surface area contributed by atoms with Gasteiger partial charge in [-0.05, 0) is 35.4 Å². The van der Waals surface area contributed by atoms with Gasteiger partial charge in [0.2, 0.25) is 11.8 Å². The summed E-state index contributed by atoms with van der Waals surface area (Å²) in [7, 11) is 3.24. The van der Waals surface area contributed by atoms with Crippen molar-refractivity contribution in [1.82, 2.24) is 10.2 Å². The molecule has 1 N–H and O–H groups in total. The number of nitrogens with one attached hydrogen (secondary N) is 1. The molecule has 0 bridgehead atoms. The van der Waals surface area contributed by atoms with Crippen LogP contribution in [0.25, 0.3) is 0 Å². The summed E-state index contributed by atoms with van der Waals surface area (Å²) in [6.07, 6.45) is 0.357. The van der Waals surface area contributed by atoms with Gasteiger partial charge in [-0.15, -0.1) is 11.8 Å². The number of amides is 2. The Morgan fingerprint density at radius 3 is 2.17 bits per heavy atom. The van der Waals surface area contributed by atoms with Crippen molar-refractivity contribution < 1.29 is 19.1 Å². The molecule has 1 aliphatic rings. The second kappa shape index (κ2) is 9.69. The Kier molecular flexibility index (Phi) is 7.04. The first-order chi connectivity index (χ1) is 14.1. The van der Waals surface area contributed by atoms with E-state index in [9.17, 15) is 9.59 Å². The molecule has 0 radical (unpaired) electrons. The zero-order valence-corrected chi connectivity index (χ0v) is 17.7. The van der Waals surface area contributed by atoms with E-state index < -0.39 is 6.04 Å². The van der Waals surface area contributed by atoms with Gasteiger partial charge in [-0.1, -0.05) is 31.2 Å². The predicted molar refractivity (Wildman–Crippen MR) is 114 cm³/mol. The quantitative estimate of drug-likeness (QED) is 0.752. The fraction of sp³-hybridized carbons (Fsp3) is 0.364. The largest absolute Gasteiger partial charge is 0.497 e. The van der Waals surface area contributed by atoms with Gasteiger partial charge >= 0.3 is 0 Å². The monoisotopic (exact) mass is 414 g/mol. The number of benzene rings is 2. The molecule has 2 amide bonds. The smallest absolute Gasteiger partial charge is 0.243 e. The van der Waals surface area contributed by atoms with Gasteiger partial charge in [-0.3, -0.25) is 9.59 Å². The average molecular weight is 415 g/mol. The summed E-state index contributed by atoms with van der Waals surface area (Å²) in [5.74, 6) is 1.94. The highest BCUT2D eigenvalue weighted by Gasteiger charge is 2.41. The lowest BCUT2D eigenvalue weighted by Gasteiger charge is -2.29. The molecule has 3 rings (SSSR count). The Hall–Kier alpha value is -2.67. The molecule has 1 aliphatic heterocycles. The average Bonchev–Trinajstić information content (AvgIpc) is 3.22. The first kappa shape index (κ1) is 21.0. The Labute approximate surface area is 175 Å². The summed E-state index contributed by atoms with van der Waals surface area (Å²) in [4.78, 5) is 27.3. The van der Waals surface area contributed by atoms with Gasteiger partial charge in [0.15, 0.2) is 0 Å². The molecule has 0 spiro atoms. The van der Waals surface area contributed by atoms with Crippen molar-refractivity contribution in [1.29, 1.82) is 0 Å². The normalized spacial score (nSPS) is 18.4. The molecule has 2 aromatic carbocycles. The van der Waals surface area contributed by atoms with Gasteiger partial charge in [-0.25, -0.2) is 0 Å². The summed E-state index contributed by atoms with van der Waals surface area (Å²) in [5.41, 5.74) is 1.97. The van der Waals surface area contributed by atoms with E-state index in [2.05, 4.69) is 5.32 Å². The van der Waals surface area contributed by atoms with Gasteiger partial charge in [0.25, 0.3) is 0 Å². The molecule has 1 fully saturated rings. The summed E-state index contributed by atoms with van der Waals surface area (Å²) >= 11 is 1.61. The fourth-order valence-corrected chi connectivity index (χ4v) is 4.72. The Morgan fingerprint density at radius 2 is 1.62 bits per heavy atom. The van der Waals surface area contributed by atoms with Crippen LogP contribution in [0.5, 0.6) is 11.5 Å². The highest BCUT2D eigenvalue weighted by atomic mass is 32.2. The van der Waals surface area contributed by atoms with Crippen molar-refractivity contribution in [2.75, 3.05) is 20.0 Å². The van der Waals surface area contributed by atoms with Gasteiger partial charge in [0, 0.05) is 18.7 Å². The topological polar surface area (TPSA) is 67.9 Å². The third-order valence-corrected chi connectivity index (χ3v) is 6.24. The van der Waals surface area contributed by atoms with Crippen LogP contribution in [-0.2, 0) is 16.1 Å². The van der Waals surface area contributed by atoms with Crippen LogP contribution < -0.4 is 14.8 Å². The van der Waals surface area contributed by atoms with Crippen LogP contribution in [0.2, 0.25) is 0 Å². The summed E-state index contributed by atoms with van der Waals surface area (Å²) < 4.78 is 10.4. The Morgan fingerprint density at radius 1 is 1.03 bits per heavy atom. The third-order valence-electron chi connectivity index (χ3n) is 4.92. The van der Waals surface area contributed by atoms with E-state index >= 15 is 0 Å². The van der Waals surface area contributed by atoms with Crippen molar-refractivity contribution >= 4 is 23.6 Å². The first-order valence-electron chi connectivity index (χ1n) is 9.54. The summed E-state index contributed by atoms with van der Waals surface area (Å²) in [6, 6.07) is 14.7. The fourth-order valence-electron chi connectivity index (χ4n) is 3.27. The molecular formula is C22H26N2O4S. The van der Waals surface area contributed by atoms with Gasteiger partial charge in [0.1, 0.15) is 22.9 Å². The van der Waals surface area contributed by atoms with Crippen LogP contribution in [0.15, 0.2) is 48.5 Å². The number of hydrogen-bond donors (Lipinski definition) is 1. The van der Waals surface area contributed by atoms with Crippen molar-refractivity contribution in [3.8, 4) is 11.5 Å². The van der Waals surface area contributed by atoms with Crippen LogP contribution in [0.1, 0.15) is 29.8 Å². The zero-order valence-electron chi connectivity index (χ0n) is 16.9. The first-order valence-corrected chi connectivity index (χ1v) is 10.6. The molecule has 7 heteroatoms. The van der Waals surface area contributed by atoms with Crippen LogP contribution in [-0.4, -0.2) is 42.7 Å². The molecule has 2 aromatic rings. The number of thioether (sulfide) groups is 1. The number of rotatable bonds is 7. The highest BCUT2D eigenvalue weighted by molar-refractivity contribution is 7.99.